The Kier molecular flexibility index (Phi) is 3.77. The Morgan fingerprint density at radius 1 is 1.07 bits per heavy atom. The van der Waals surface area contributed by atoms with Gasteiger partial charge in [-0.15, -0.1) is 0 Å². The summed E-state index contributed by atoms with van der Waals surface area (Å²) < 4.78 is 25.4. The lowest BCUT2D eigenvalue weighted by Gasteiger charge is -2.21. The summed E-state index contributed by atoms with van der Waals surface area (Å²) in [5.74, 6) is -2.15. The monoisotopic (exact) mass is 216 g/mol. The molecule has 0 aliphatic heterocycles. The van der Waals surface area contributed by atoms with Gasteiger partial charge in [0.25, 0.3) is 0 Å². The van der Waals surface area contributed by atoms with Gasteiger partial charge in [0.1, 0.15) is 6.10 Å². The van der Waals surface area contributed by atoms with Gasteiger partial charge in [0.15, 0.2) is 11.6 Å². The van der Waals surface area contributed by atoms with E-state index in [4.69, 9.17) is 0 Å². The Morgan fingerprint density at radius 3 is 2.13 bits per heavy atom. The lowest BCUT2D eigenvalue weighted by molar-refractivity contribution is -0.00958. The average Bonchev–Trinajstić information content (AvgIpc) is 2.19. The third-order valence-corrected chi connectivity index (χ3v) is 2.29. The van der Waals surface area contributed by atoms with Crippen molar-refractivity contribution in [2.45, 2.75) is 26.1 Å². The van der Waals surface area contributed by atoms with Crippen LogP contribution in [-0.4, -0.2) is 16.3 Å². The molecule has 0 amide bonds. The molecular formula is C11H14F2O2. The van der Waals surface area contributed by atoms with Crippen LogP contribution < -0.4 is 0 Å². The van der Waals surface area contributed by atoms with E-state index in [0.717, 1.165) is 12.1 Å². The van der Waals surface area contributed by atoms with Gasteiger partial charge in [-0.2, -0.15) is 0 Å². The molecule has 0 aliphatic carbocycles. The summed E-state index contributed by atoms with van der Waals surface area (Å²) in [6, 6.07) is 3.08. The van der Waals surface area contributed by atoms with E-state index in [0.29, 0.717) is 0 Å². The van der Waals surface area contributed by atoms with Crippen molar-refractivity contribution in [1.29, 1.82) is 0 Å². The Hall–Kier alpha value is -1.00. The second-order valence-electron chi connectivity index (χ2n) is 3.85. The molecule has 0 saturated heterocycles. The van der Waals surface area contributed by atoms with Crippen LogP contribution in [0.5, 0.6) is 0 Å². The van der Waals surface area contributed by atoms with E-state index in [1.165, 1.54) is 6.07 Å². The number of aliphatic hydroxyl groups is 2. The molecule has 2 atom stereocenters. The number of halogens is 2. The van der Waals surface area contributed by atoms with Gasteiger partial charge in [-0.25, -0.2) is 8.78 Å². The molecule has 4 heteroatoms. The quantitative estimate of drug-likeness (QED) is 0.811. The molecule has 15 heavy (non-hydrogen) atoms. The van der Waals surface area contributed by atoms with Crippen LogP contribution in [0.3, 0.4) is 0 Å². The SMILES string of the molecule is CC(C)C(O)C(O)c1ccc(F)c(F)c1. The summed E-state index contributed by atoms with van der Waals surface area (Å²) in [4.78, 5) is 0. The van der Waals surface area contributed by atoms with Crippen LogP contribution in [0.4, 0.5) is 8.78 Å². The molecule has 1 aromatic rings. The minimum Gasteiger partial charge on any atom is -0.390 e. The molecule has 0 heterocycles. The van der Waals surface area contributed by atoms with E-state index in [1.54, 1.807) is 13.8 Å². The van der Waals surface area contributed by atoms with Gasteiger partial charge in [0.2, 0.25) is 0 Å². The van der Waals surface area contributed by atoms with Crippen molar-refractivity contribution in [3.63, 3.8) is 0 Å². The molecule has 0 aliphatic rings. The summed E-state index contributed by atoms with van der Waals surface area (Å²) in [5, 5.41) is 19.2. The molecule has 1 rings (SSSR count). The van der Waals surface area contributed by atoms with Crippen LogP contribution in [0, 0.1) is 17.6 Å². The fourth-order valence-corrected chi connectivity index (χ4v) is 1.26. The molecule has 0 radical (unpaired) electrons. The van der Waals surface area contributed by atoms with Gasteiger partial charge < -0.3 is 10.2 Å². The zero-order chi connectivity index (χ0) is 11.6. The van der Waals surface area contributed by atoms with Crippen molar-refractivity contribution in [1.82, 2.24) is 0 Å². The highest BCUT2D eigenvalue weighted by Crippen LogP contribution is 2.23. The fourth-order valence-electron chi connectivity index (χ4n) is 1.26. The van der Waals surface area contributed by atoms with E-state index < -0.39 is 23.8 Å². The van der Waals surface area contributed by atoms with Crippen molar-refractivity contribution >= 4 is 0 Å². The predicted molar refractivity (Wildman–Crippen MR) is 52.2 cm³/mol. The Morgan fingerprint density at radius 2 is 1.67 bits per heavy atom. The van der Waals surface area contributed by atoms with E-state index in [-0.39, 0.29) is 11.5 Å². The highest BCUT2D eigenvalue weighted by atomic mass is 19.2. The van der Waals surface area contributed by atoms with Crippen molar-refractivity contribution in [3.05, 3.63) is 35.4 Å². The minimum atomic E-state index is -1.19. The maximum atomic E-state index is 12.8. The van der Waals surface area contributed by atoms with Gasteiger partial charge in [-0.3, -0.25) is 0 Å². The summed E-state index contributed by atoms with van der Waals surface area (Å²) >= 11 is 0. The summed E-state index contributed by atoms with van der Waals surface area (Å²) in [6.07, 6.45) is -2.19. The summed E-state index contributed by atoms with van der Waals surface area (Å²) in [6.45, 7) is 3.46. The average molecular weight is 216 g/mol. The van der Waals surface area contributed by atoms with E-state index >= 15 is 0 Å². The molecule has 0 saturated carbocycles. The van der Waals surface area contributed by atoms with Crippen LogP contribution in [0.2, 0.25) is 0 Å². The molecule has 0 bridgehead atoms. The Balaban J connectivity index is 2.91. The number of hydrogen-bond acceptors (Lipinski definition) is 2. The second-order valence-corrected chi connectivity index (χ2v) is 3.85. The summed E-state index contributed by atoms with van der Waals surface area (Å²) in [7, 11) is 0. The first-order valence-corrected chi connectivity index (χ1v) is 4.74. The lowest BCUT2D eigenvalue weighted by atomic mass is 9.96. The van der Waals surface area contributed by atoms with Gasteiger partial charge in [-0.1, -0.05) is 19.9 Å². The summed E-state index contributed by atoms with van der Waals surface area (Å²) in [5.41, 5.74) is 0.176. The van der Waals surface area contributed by atoms with Gasteiger partial charge in [-0.05, 0) is 23.6 Å². The van der Waals surface area contributed by atoms with Crippen LogP contribution in [0.15, 0.2) is 18.2 Å². The highest BCUT2D eigenvalue weighted by molar-refractivity contribution is 5.21. The smallest absolute Gasteiger partial charge is 0.159 e. The van der Waals surface area contributed by atoms with Crippen molar-refractivity contribution in [3.8, 4) is 0 Å². The minimum absolute atomic E-state index is 0.159. The Labute approximate surface area is 87.2 Å². The second kappa shape index (κ2) is 4.68. The molecule has 1 aromatic carbocycles. The van der Waals surface area contributed by atoms with Crippen molar-refractivity contribution in [2.24, 2.45) is 5.92 Å². The molecule has 0 fully saturated rings. The number of rotatable bonds is 3. The van der Waals surface area contributed by atoms with Crippen LogP contribution in [0.25, 0.3) is 0 Å². The maximum absolute atomic E-state index is 12.8. The highest BCUT2D eigenvalue weighted by Gasteiger charge is 2.22. The zero-order valence-corrected chi connectivity index (χ0v) is 8.61. The molecule has 0 spiro atoms. The fraction of sp³-hybridized carbons (Fsp3) is 0.455. The number of hydrogen-bond donors (Lipinski definition) is 2. The first-order chi connectivity index (χ1) is 6.93. The molecule has 84 valence electrons. The van der Waals surface area contributed by atoms with E-state index in [1.807, 2.05) is 0 Å². The normalized spacial score (nSPS) is 15.4. The van der Waals surface area contributed by atoms with Crippen LogP contribution in [0.1, 0.15) is 25.5 Å². The van der Waals surface area contributed by atoms with Crippen LogP contribution >= 0.6 is 0 Å². The van der Waals surface area contributed by atoms with Crippen molar-refractivity contribution in [2.75, 3.05) is 0 Å². The molecule has 2 unspecified atom stereocenters. The molecular weight excluding hydrogens is 202 g/mol. The standard InChI is InChI=1S/C11H14F2O2/c1-6(2)10(14)11(15)7-3-4-8(12)9(13)5-7/h3-6,10-11,14-15H,1-2H3. The lowest BCUT2D eigenvalue weighted by Crippen LogP contribution is -2.24. The molecule has 2 nitrogen and oxygen atoms in total. The maximum Gasteiger partial charge on any atom is 0.159 e. The first-order valence-electron chi connectivity index (χ1n) is 4.74. The van der Waals surface area contributed by atoms with Crippen LogP contribution in [-0.2, 0) is 0 Å². The van der Waals surface area contributed by atoms with Gasteiger partial charge in [0, 0.05) is 0 Å². The molecule has 0 aromatic heterocycles. The molecule has 2 N–H and O–H groups in total. The zero-order valence-electron chi connectivity index (χ0n) is 8.61. The number of aliphatic hydroxyl groups excluding tert-OH is 2. The Bertz CT molecular complexity index is 339. The van der Waals surface area contributed by atoms with E-state index in [9.17, 15) is 19.0 Å². The third-order valence-electron chi connectivity index (χ3n) is 2.29. The first kappa shape index (κ1) is 12.1. The van der Waals surface area contributed by atoms with Crippen molar-refractivity contribution < 1.29 is 19.0 Å². The largest absolute Gasteiger partial charge is 0.390 e. The topological polar surface area (TPSA) is 40.5 Å². The van der Waals surface area contributed by atoms with Gasteiger partial charge in [0.05, 0.1) is 6.10 Å². The predicted octanol–water partition coefficient (Wildman–Crippen LogP) is 2.02. The third kappa shape index (κ3) is 2.73. The number of benzene rings is 1. The van der Waals surface area contributed by atoms with E-state index in [2.05, 4.69) is 0 Å². The van der Waals surface area contributed by atoms with Gasteiger partial charge >= 0.3 is 0 Å².